The van der Waals surface area contributed by atoms with E-state index in [1.807, 2.05) is 54.6 Å². The van der Waals surface area contributed by atoms with Crippen LogP contribution >= 0.6 is 11.8 Å². The number of rotatable bonds is 11. The second kappa shape index (κ2) is 13.1. The number of oxime groups is 1. The number of fused-ring (bicyclic) bond motifs is 3. The van der Waals surface area contributed by atoms with Crippen LogP contribution in [0.5, 0.6) is 5.75 Å². The maximum atomic E-state index is 13.8. The first-order chi connectivity index (χ1) is 20.8. The number of hydrogen-bond donors (Lipinski definition) is 0. The molecule has 1 heterocycles. The van der Waals surface area contributed by atoms with Crippen molar-refractivity contribution in [3.05, 3.63) is 114 Å². The van der Waals surface area contributed by atoms with Gasteiger partial charge in [-0.3, -0.25) is 4.79 Å². The molecule has 0 fully saturated rings. The van der Waals surface area contributed by atoms with Crippen molar-refractivity contribution in [2.45, 2.75) is 38.6 Å². The van der Waals surface area contributed by atoms with Crippen molar-refractivity contribution >= 4 is 56.6 Å². The summed E-state index contributed by atoms with van der Waals surface area (Å²) in [4.78, 5) is 31.3. The first-order valence-corrected chi connectivity index (χ1v) is 15.2. The molecule has 0 N–H and O–H groups in total. The van der Waals surface area contributed by atoms with E-state index in [1.54, 1.807) is 18.9 Å². The van der Waals surface area contributed by atoms with E-state index < -0.39 is 5.97 Å². The summed E-state index contributed by atoms with van der Waals surface area (Å²) in [6.07, 6.45) is 0.310. The number of ketones is 1. The van der Waals surface area contributed by atoms with Crippen molar-refractivity contribution in [1.82, 2.24) is 4.57 Å². The highest BCUT2D eigenvalue weighted by Gasteiger charge is 2.19. The van der Waals surface area contributed by atoms with Crippen LogP contribution in [-0.2, 0) is 16.2 Å². The van der Waals surface area contributed by atoms with Crippen LogP contribution in [0.15, 0.2) is 102 Å². The maximum Gasteiger partial charge on any atom is 0.331 e. The number of aromatic nitrogens is 1. The molecule has 0 bridgehead atoms. The van der Waals surface area contributed by atoms with E-state index in [0.29, 0.717) is 17.7 Å². The Bertz CT molecular complexity index is 1890. The molecule has 0 unspecified atom stereocenters. The lowest BCUT2D eigenvalue weighted by Gasteiger charge is -2.10. The molecule has 0 saturated heterocycles. The molecule has 0 aliphatic carbocycles. The largest absolute Gasteiger partial charge is 0.496 e. The fraction of sp³-hybridized carbons (Fsp3) is 0.194. The summed E-state index contributed by atoms with van der Waals surface area (Å²) >= 11 is 1.55. The number of thioether (sulfide) groups is 1. The minimum absolute atomic E-state index is 0.185. The number of hydrogen-bond acceptors (Lipinski definition) is 6. The molecule has 0 atom stereocenters. The van der Waals surface area contributed by atoms with Gasteiger partial charge in [-0.1, -0.05) is 54.2 Å². The van der Waals surface area contributed by atoms with E-state index in [2.05, 4.69) is 60.5 Å². The van der Waals surface area contributed by atoms with E-state index in [4.69, 9.17) is 9.57 Å². The topological polar surface area (TPSA) is 69.9 Å². The molecule has 0 aliphatic rings. The van der Waals surface area contributed by atoms with E-state index in [1.165, 1.54) is 12.5 Å². The molecule has 0 spiro atoms. The molecule has 7 heteroatoms. The van der Waals surface area contributed by atoms with E-state index in [9.17, 15) is 9.59 Å². The van der Waals surface area contributed by atoms with Crippen molar-refractivity contribution in [2.75, 3.05) is 12.9 Å². The number of ether oxygens (including phenoxy) is 1. The SMILES string of the molecule is C=C(c1ccc2c(c1)c1cc(C(=O)/C(CCSc3ccccc3OC)=N/OC(C)=O)ccc1n2CC)c1ccccc1C. The minimum atomic E-state index is -0.578. The third-order valence-electron chi connectivity index (χ3n) is 7.47. The second-order valence-electron chi connectivity index (χ2n) is 10.2. The van der Waals surface area contributed by atoms with Gasteiger partial charge in [0.15, 0.2) is 0 Å². The second-order valence-corrected chi connectivity index (χ2v) is 11.3. The molecule has 4 aromatic carbocycles. The van der Waals surface area contributed by atoms with Crippen LogP contribution in [0.4, 0.5) is 0 Å². The molecule has 218 valence electrons. The van der Waals surface area contributed by atoms with Gasteiger partial charge in [-0.05, 0) is 78.6 Å². The first kappa shape index (κ1) is 29.9. The highest BCUT2D eigenvalue weighted by molar-refractivity contribution is 7.99. The number of nitrogens with zero attached hydrogens (tertiary/aromatic N) is 2. The standard InChI is InChI=1S/C36H34N2O4S/c1-6-38-32-17-15-26(24(3)28-12-8-7-11-23(28)2)21-29(32)30-22-27(16-18-33(30)38)36(40)31(37-42-25(4)39)19-20-43-35-14-10-9-13-34(35)41-5/h7-18,21-22H,3,6,19-20H2,1-2,4-5H3/b37-31+. The Kier molecular flexibility index (Phi) is 9.12. The molecule has 0 aliphatic heterocycles. The van der Waals surface area contributed by atoms with Crippen molar-refractivity contribution in [1.29, 1.82) is 0 Å². The molecular weight excluding hydrogens is 556 g/mol. The fourth-order valence-electron chi connectivity index (χ4n) is 5.32. The Labute approximate surface area is 256 Å². The average Bonchev–Trinajstić information content (AvgIpc) is 3.34. The number of carbonyl (C=O) groups excluding carboxylic acids is 2. The van der Waals surface area contributed by atoms with Gasteiger partial charge in [-0.15, -0.1) is 11.8 Å². The lowest BCUT2D eigenvalue weighted by Crippen LogP contribution is -2.16. The third-order valence-corrected chi connectivity index (χ3v) is 8.53. The number of aryl methyl sites for hydroxylation is 2. The zero-order valence-electron chi connectivity index (χ0n) is 24.8. The van der Waals surface area contributed by atoms with Crippen LogP contribution in [0.3, 0.4) is 0 Å². The van der Waals surface area contributed by atoms with Crippen LogP contribution in [0.2, 0.25) is 0 Å². The Morgan fingerprint density at radius 2 is 1.56 bits per heavy atom. The van der Waals surface area contributed by atoms with Crippen molar-refractivity contribution in [3.8, 4) is 5.75 Å². The molecule has 0 radical (unpaired) electrons. The number of para-hydroxylation sites is 1. The Balaban J connectivity index is 1.50. The maximum absolute atomic E-state index is 13.8. The van der Waals surface area contributed by atoms with Crippen molar-refractivity contribution in [3.63, 3.8) is 0 Å². The Morgan fingerprint density at radius 3 is 2.23 bits per heavy atom. The van der Waals surface area contributed by atoms with Gasteiger partial charge in [-0.25, -0.2) is 4.79 Å². The van der Waals surface area contributed by atoms with E-state index in [-0.39, 0.29) is 11.5 Å². The summed E-state index contributed by atoms with van der Waals surface area (Å²) < 4.78 is 7.69. The number of methoxy groups -OCH3 is 1. The molecule has 6 nitrogen and oxygen atoms in total. The molecule has 1 aromatic heterocycles. The van der Waals surface area contributed by atoms with Gasteiger partial charge in [-0.2, -0.15) is 0 Å². The van der Waals surface area contributed by atoms with Crippen molar-refractivity contribution in [2.24, 2.45) is 5.16 Å². The lowest BCUT2D eigenvalue weighted by molar-refractivity contribution is -0.140. The number of carbonyl (C=O) groups is 2. The summed E-state index contributed by atoms with van der Waals surface area (Å²) in [6.45, 7) is 10.7. The predicted octanol–water partition coefficient (Wildman–Crippen LogP) is 8.48. The third kappa shape index (κ3) is 6.27. The van der Waals surface area contributed by atoms with Crippen LogP contribution in [0.1, 0.15) is 47.3 Å². The normalized spacial score (nSPS) is 11.6. The first-order valence-electron chi connectivity index (χ1n) is 14.2. The zero-order valence-corrected chi connectivity index (χ0v) is 25.7. The number of Topliss-reactive ketones (excluding diaryl/α,β-unsaturated/α-hetero) is 1. The average molecular weight is 591 g/mol. The molecule has 0 saturated carbocycles. The Morgan fingerprint density at radius 1 is 0.907 bits per heavy atom. The predicted molar refractivity (Wildman–Crippen MR) is 176 cm³/mol. The summed E-state index contributed by atoms with van der Waals surface area (Å²) in [5.41, 5.74) is 7.05. The molecular formula is C36H34N2O4S. The van der Waals surface area contributed by atoms with Gasteiger partial charge in [0.05, 0.1) is 7.11 Å². The van der Waals surface area contributed by atoms with Crippen LogP contribution < -0.4 is 4.74 Å². The number of benzene rings is 4. The van der Waals surface area contributed by atoms with Gasteiger partial charge in [0, 0.05) is 57.9 Å². The Hall–Kier alpha value is -4.62. The van der Waals surface area contributed by atoms with Gasteiger partial charge in [0.1, 0.15) is 11.5 Å². The molecule has 5 aromatic rings. The van der Waals surface area contributed by atoms with Crippen LogP contribution in [0, 0.1) is 6.92 Å². The van der Waals surface area contributed by atoms with Gasteiger partial charge >= 0.3 is 5.97 Å². The smallest absolute Gasteiger partial charge is 0.331 e. The lowest BCUT2D eigenvalue weighted by atomic mass is 9.94. The van der Waals surface area contributed by atoms with Gasteiger partial charge in [0.2, 0.25) is 5.78 Å². The minimum Gasteiger partial charge on any atom is -0.496 e. The quantitative estimate of drug-likeness (QED) is 0.0507. The van der Waals surface area contributed by atoms with E-state index >= 15 is 0 Å². The summed E-state index contributed by atoms with van der Waals surface area (Å²) in [7, 11) is 1.63. The monoisotopic (exact) mass is 590 g/mol. The highest BCUT2D eigenvalue weighted by Crippen LogP contribution is 2.34. The summed E-state index contributed by atoms with van der Waals surface area (Å²) in [5, 5.41) is 5.99. The molecule has 0 amide bonds. The van der Waals surface area contributed by atoms with Gasteiger partial charge in [0.25, 0.3) is 0 Å². The van der Waals surface area contributed by atoms with E-state index in [0.717, 1.165) is 55.7 Å². The van der Waals surface area contributed by atoms with Crippen LogP contribution in [-0.4, -0.2) is 34.9 Å². The van der Waals surface area contributed by atoms with Gasteiger partial charge < -0.3 is 14.1 Å². The summed E-state index contributed by atoms with van der Waals surface area (Å²) in [5.74, 6) is 0.459. The highest BCUT2D eigenvalue weighted by atomic mass is 32.2. The van der Waals surface area contributed by atoms with Crippen LogP contribution in [0.25, 0.3) is 27.4 Å². The zero-order chi connectivity index (χ0) is 30.5. The van der Waals surface area contributed by atoms with Crippen molar-refractivity contribution < 1.29 is 19.2 Å². The summed E-state index contributed by atoms with van der Waals surface area (Å²) in [6, 6.07) is 28.0. The fourth-order valence-corrected chi connectivity index (χ4v) is 6.31. The molecule has 43 heavy (non-hydrogen) atoms. The molecule has 5 rings (SSSR count).